The van der Waals surface area contributed by atoms with Gasteiger partial charge < -0.3 is 4.42 Å². The molecule has 0 aliphatic carbocycles. The van der Waals surface area contributed by atoms with Crippen LogP contribution in [-0.2, 0) is 6.18 Å². The Morgan fingerprint density at radius 2 is 1.15 bits per heavy atom. The van der Waals surface area contributed by atoms with E-state index in [1.165, 1.54) is 48.8 Å². The molecule has 0 N–H and O–H groups in total. The van der Waals surface area contributed by atoms with Gasteiger partial charge in [-0.15, -0.1) is 0 Å². The number of nitrogens with zero attached hydrogens (tertiary/aromatic N) is 2. The van der Waals surface area contributed by atoms with Crippen LogP contribution in [0.3, 0.4) is 0 Å². The summed E-state index contributed by atoms with van der Waals surface area (Å²) in [5, 5.41) is 0. The van der Waals surface area contributed by atoms with Gasteiger partial charge in [-0.2, -0.15) is 13.2 Å². The zero-order valence-corrected chi connectivity index (χ0v) is 13.2. The molecular weight excluding hydrogens is 348 g/mol. The van der Waals surface area contributed by atoms with Gasteiger partial charge in [0.15, 0.2) is 0 Å². The first-order chi connectivity index (χ1) is 12.4. The number of hydrogen-bond donors (Lipinski definition) is 0. The van der Waals surface area contributed by atoms with E-state index in [1.807, 2.05) is 0 Å². The van der Waals surface area contributed by atoms with Crippen molar-refractivity contribution in [3.05, 3.63) is 83.6 Å². The van der Waals surface area contributed by atoms with Crippen LogP contribution in [-0.4, -0.2) is 12.4 Å². The van der Waals surface area contributed by atoms with Crippen LogP contribution in [0, 0.1) is 5.82 Å². The molecule has 0 radical (unpaired) electrons. The van der Waals surface area contributed by atoms with Crippen molar-refractivity contribution in [1.82, 2.24) is 0 Å². The van der Waals surface area contributed by atoms with Gasteiger partial charge in [-0.3, -0.25) is 9.98 Å². The number of hydrogen-bond acceptors (Lipinski definition) is 3. The average molecular weight is 360 g/mol. The number of halogens is 4. The lowest BCUT2D eigenvalue weighted by Gasteiger charge is -2.05. The summed E-state index contributed by atoms with van der Waals surface area (Å²) in [5.41, 5.74) is 0.215. The normalized spacial score (nSPS) is 12.3. The van der Waals surface area contributed by atoms with Crippen molar-refractivity contribution in [3.63, 3.8) is 0 Å². The van der Waals surface area contributed by atoms with Crippen LogP contribution >= 0.6 is 0 Å². The Hall–Kier alpha value is -3.22. The summed E-state index contributed by atoms with van der Waals surface area (Å²) in [6.45, 7) is 0. The van der Waals surface area contributed by atoms with E-state index in [-0.39, 0.29) is 5.82 Å². The van der Waals surface area contributed by atoms with Gasteiger partial charge >= 0.3 is 6.18 Å². The molecule has 7 heteroatoms. The predicted molar refractivity (Wildman–Crippen MR) is 91.1 cm³/mol. The molecule has 0 spiro atoms. The SMILES string of the molecule is Fc1ccc(N=Cc2ccc(C=Nc3ccc(C(F)(F)F)cc3)o2)cc1. The minimum atomic E-state index is -4.37. The van der Waals surface area contributed by atoms with Gasteiger partial charge in [0.2, 0.25) is 0 Å². The van der Waals surface area contributed by atoms with E-state index in [2.05, 4.69) is 9.98 Å². The molecule has 2 aromatic carbocycles. The number of furan rings is 1. The summed E-state index contributed by atoms with van der Waals surface area (Å²) >= 11 is 0. The van der Waals surface area contributed by atoms with Crippen molar-refractivity contribution in [2.24, 2.45) is 9.98 Å². The van der Waals surface area contributed by atoms with Gasteiger partial charge in [0, 0.05) is 0 Å². The van der Waals surface area contributed by atoms with Crippen LogP contribution in [0.5, 0.6) is 0 Å². The highest BCUT2D eigenvalue weighted by Gasteiger charge is 2.29. The zero-order chi connectivity index (χ0) is 18.6. The molecule has 132 valence electrons. The second kappa shape index (κ2) is 7.35. The van der Waals surface area contributed by atoms with E-state index >= 15 is 0 Å². The second-order valence-corrected chi connectivity index (χ2v) is 5.28. The van der Waals surface area contributed by atoms with Crippen molar-refractivity contribution in [2.45, 2.75) is 6.18 Å². The highest BCUT2D eigenvalue weighted by Crippen LogP contribution is 2.30. The first kappa shape index (κ1) is 17.6. The Bertz CT molecular complexity index is 923. The molecule has 0 fully saturated rings. The summed E-state index contributed by atoms with van der Waals surface area (Å²) in [5.74, 6) is 0.539. The zero-order valence-electron chi connectivity index (χ0n) is 13.2. The second-order valence-electron chi connectivity index (χ2n) is 5.28. The Labute approximate surface area is 146 Å². The minimum absolute atomic E-state index is 0.344. The minimum Gasteiger partial charge on any atom is -0.454 e. The van der Waals surface area contributed by atoms with Gasteiger partial charge in [-0.25, -0.2) is 4.39 Å². The molecule has 0 amide bonds. The fourth-order valence-electron chi connectivity index (χ4n) is 2.05. The van der Waals surface area contributed by atoms with E-state index in [1.54, 1.807) is 12.1 Å². The largest absolute Gasteiger partial charge is 0.454 e. The first-order valence-corrected chi connectivity index (χ1v) is 7.51. The van der Waals surface area contributed by atoms with E-state index in [9.17, 15) is 17.6 Å². The van der Waals surface area contributed by atoms with Crippen molar-refractivity contribution in [3.8, 4) is 0 Å². The Morgan fingerprint density at radius 1 is 0.692 bits per heavy atom. The highest BCUT2D eigenvalue weighted by atomic mass is 19.4. The molecule has 0 aliphatic heterocycles. The van der Waals surface area contributed by atoms with Crippen LogP contribution in [0.4, 0.5) is 28.9 Å². The van der Waals surface area contributed by atoms with Crippen LogP contribution in [0.25, 0.3) is 0 Å². The number of rotatable bonds is 4. The third kappa shape index (κ3) is 4.66. The summed E-state index contributed by atoms with van der Waals surface area (Å²) in [6, 6.07) is 13.5. The molecule has 0 saturated heterocycles. The molecule has 1 heterocycles. The highest BCUT2D eigenvalue weighted by molar-refractivity contribution is 5.83. The van der Waals surface area contributed by atoms with E-state index < -0.39 is 11.7 Å². The molecular formula is C19H12F4N2O. The van der Waals surface area contributed by atoms with Crippen LogP contribution in [0.15, 0.2) is 75.1 Å². The topological polar surface area (TPSA) is 37.9 Å². The van der Waals surface area contributed by atoms with Gasteiger partial charge in [0.05, 0.1) is 29.4 Å². The van der Waals surface area contributed by atoms with Crippen LogP contribution < -0.4 is 0 Å². The Balaban J connectivity index is 1.66. The molecule has 0 bridgehead atoms. The lowest BCUT2D eigenvalue weighted by molar-refractivity contribution is -0.137. The number of aliphatic imine (C=N–C) groups is 2. The third-order valence-electron chi connectivity index (χ3n) is 3.35. The molecule has 0 atom stereocenters. The molecule has 3 aromatic rings. The fraction of sp³-hybridized carbons (Fsp3) is 0.0526. The van der Waals surface area contributed by atoms with Crippen molar-refractivity contribution >= 4 is 23.8 Å². The summed E-state index contributed by atoms with van der Waals surface area (Å²) in [6.07, 6.45) is -1.50. The quantitative estimate of drug-likeness (QED) is 0.419. The third-order valence-corrected chi connectivity index (χ3v) is 3.35. The van der Waals surface area contributed by atoms with Gasteiger partial charge in [-0.1, -0.05) is 0 Å². The lowest BCUT2D eigenvalue weighted by Crippen LogP contribution is -2.03. The number of benzene rings is 2. The van der Waals surface area contributed by atoms with Crippen LogP contribution in [0.2, 0.25) is 0 Å². The Morgan fingerprint density at radius 3 is 1.62 bits per heavy atom. The molecule has 26 heavy (non-hydrogen) atoms. The summed E-state index contributed by atoms with van der Waals surface area (Å²) < 4.78 is 55.8. The number of alkyl halides is 3. The van der Waals surface area contributed by atoms with E-state index in [0.717, 1.165) is 12.1 Å². The van der Waals surface area contributed by atoms with E-state index in [4.69, 9.17) is 4.42 Å². The van der Waals surface area contributed by atoms with Gasteiger partial charge in [0.25, 0.3) is 0 Å². The van der Waals surface area contributed by atoms with E-state index in [0.29, 0.717) is 22.9 Å². The molecule has 0 unspecified atom stereocenters. The predicted octanol–water partition coefficient (Wildman–Crippen LogP) is 5.94. The maximum absolute atomic E-state index is 12.8. The summed E-state index contributed by atoms with van der Waals surface area (Å²) in [4.78, 5) is 8.21. The summed E-state index contributed by atoms with van der Waals surface area (Å²) in [7, 11) is 0. The van der Waals surface area contributed by atoms with Crippen LogP contribution in [0.1, 0.15) is 17.1 Å². The molecule has 0 saturated carbocycles. The Kier molecular flexibility index (Phi) is 4.97. The van der Waals surface area contributed by atoms with Crippen molar-refractivity contribution in [1.29, 1.82) is 0 Å². The fourth-order valence-corrected chi connectivity index (χ4v) is 2.05. The lowest BCUT2D eigenvalue weighted by atomic mass is 10.2. The average Bonchev–Trinajstić information content (AvgIpc) is 3.07. The molecule has 3 nitrogen and oxygen atoms in total. The molecule has 1 aromatic heterocycles. The monoisotopic (exact) mass is 360 g/mol. The standard InChI is InChI=1S/C19H12F4N2O/c20-14-3-7-16(8-4-14)25-12-18-10-9-17(26-18)11-24-15-5-1-13(2-6-15)19(21,22)23/h1-12H. The van der Waals surface area contributed by atoms with Crippen molar-refractivity contribution in [2.75, 3.05) is 0 Å². The first-order valence-electron chi connectivity index (χ1n) is 7.51. The smallest absolute Gasteiger partial charge is 0.416 e. The maximum Gasteiger partial charge on any atom is 0.416 e. The molecule has 3 rings (SSSR count). The van der Waals surface area contributed by atoms with Gasteiger partial charge in [-0.05, 0) is 60.7 Å². The maximum atomic E-state index is 12.8. The van der Waals surface area contributed by atoms with Gasteiger partial charge in [0.1, 0.15) is 17.3 Å². The molecule has 0 aliphatic rings. The van der Waals surface area contributed by atoms with Crippen molar-refractivity contribution < 1.29 is 22.0 Å².